The summed E-state index contributed by atoms with van der Waals surface area (Å²) < 4.78 is 56.3. The maximum absolute atomic E-state index is 8.22. The summed E-state index contributed by atoms with van der Waals surface area (Å²) in [6.07, 6.45) is 1.62. The first-order chi connectivity index (χ1) is 16.3. The van der Waals surface area contributed by atoms with E-state index in [-0.39, 0.29) is 11.1 Å². The minimum atomic E-state index is -2.35. The van der Waals surface area contributed by atoms with Gasteiger partial charge in [-0.15, -0.1) is 0 Å². The first kappa shape index (κ1) is 12.4. The topological polar surface area (TPSA) is 29.9 Å². The van der Waals surface area contributed by atoms with Gasteiger partial charge in [0, 0.05) is 47.8 Å². The van der Waals surface area contributed by atoms with Crippen LogP contribution in [0, 0.1) is 34.5 Å². The lowest BCUT2D eigenvalue weighted by Crippen LogP contribution is -2.31. The number of rotatable bonds is 1. The molecule has 0 bridgehead atoms. The molecule has 2 aromatic carbocycles. The molecule has 0 N–H and O–H groups in total. The van der Waals surface area contributed by atoms with E-state index in [2.05, 4.69) is 4.98 Å². The SMILES string of the molecule is [2H]C([2H])([2H])c1c[n+](C)c(-c2c(C)cc(C([2H])([2H])[2H])c3c2oc2cc4nc(C)ccc4cc23)cc1C. The molecule has 0 fully saturated rings. The normalized spacial score (nSPS) is 15.7. The highest BCUT2D eigenvalue weighted by atomic mass is 16.3. The largest absolute Gasteiger partial charge is 0.455 e. The number of nitrogens with zero attached hydrogens (tertiary/aromatic N) is 2. The standard InChI is InChI=1S/C26H25N2O/c1-14-10-22(28(6)13-17(14)4)25-16(3)9-15(2)24-20-11-19-8-7-18(5)27-21(19)12-23(20)29-26(24)25/h7-13H,1-6H3/q+1/i2D3,4D3. The van der Waals surface area contributed by atoms with Crippen molar-refractivity contribution in [1.82, 2.24) is 4.98 Å². The zero-order chi connectivity index (χ0) is 25.4. The summed E-state index contributed by atoms with van der Waals surface area (Å²) in [6.45, 7) is 0.962. The lowest BCUT2D eigenvalue weighted by atomic mass is 9.95. The monoisotopic (exact) mass is 387 g/mol. The molecule has 0 saturated heterocycles. The Kier molecular flexibility index (Phi) is 2.62. The molecular weight excluding hydrogens is 356 g/mol. The molecular formula is C26H25N2O+. The summed E-state index contributed by atoms with van der Waals surface area (Å²) >= 11 is 0. The molecule has 0 radical (unpaired) electrons. The van der Waals surface area contributed by atoms with Crippen molar-refractivity contribution < 1.29 is 17.2 Å². The van der Waals surface area contributed by atoms with E-state index in [1.807, 2.05) is 44.2 Å². The molecule has 5 aromatic rings. The van der Waals surface area contributed by atoms with Gasteiger partial charge in [-0.05, 0) is 63.3 Å². The highest BCUT2D eigenvalue weighted by molar-refractivity contribution is 6.14. The molecule has 0 unspecified atom stereocenters. The number of hydrogen-bond donors (Lipinski definition) is 0. The molecule has 29 heavy (non-hydrogen) atoms. The summed E-state index contributed by atoms with van der Waals surface area (Å²) in [4.78, 5) is 4.60. The molecule has 3 nitrogen and oxygen atoms in total. The van der Waals surface area contributed by atoms with E-state index >= 15 is 0 Å². The Morgan fingerprint density at radius 1 is 0.931 bits per heavy atom. The second-order valence-electron chi connectivity index (χ2n) is 7.78. The van der Waals surface area contributed by atoms with Crippen LogP contribution in [0.5, 0.6) is 0 Å². The summed E-state index contributed by atoms with van der Waals surface area (Å²) in [5, 5.41) is 2.15. The van der Waals surface area contributed by atoms with E-state index in [4.69, 9.17) is 12.6 Å². The van der Waals surface area contributed by atoms with Gasteiger partial charge in [0.05, 0.1) is 11.1 Å². The Bertz CT molecular complexity index is 1660. The lowest BCUT2D eigenvalue weighted by Gasteiger charge is -2.09. The van der Waals surface area contributed by atoms with Crippen LogP contribution >= 0.6 is 0 Å². The van der Waals surface area contributed by atoms with Crippen LogP contribution in [-0.4, -0.2) is 4.98 Å². The molecule has 0 spiro atoms. The molecule has 5 rings (SSSR count). The Labute approximate surface area is 179 Å². The molecule has 0 amide bonds. The summed E-state index contributed by atoms with van der Waals surface area (Å²) in [6, 6.07) is 11.2. The van der Waals surface area contributed by atoms with E-state index in [1.165, 1.54) is 0 Å². The highest BCUT2D eigenvalue weighted by Gasteiger charge is 2.23. The number of aromatic nitrogens is 2. The summed E-state index contributed by atoms with van der Waals surface area (Å²) in [5.74, 6) is 0. The second-order valence-corrected chi connectivity index (χ2v) is 7.78. The Balaban J connectivity index is 1.93. The van der Waals surface area contributed by atoms with Crippen LogP contribution in [0.4, 0.5) is 0 Å². The van der Waals surface area contributed by atoms with Crippen molar-refractivity contribution in [3.63, 3.8) is 0 Å². The molecule has 144 valence electrons. The van der Waals surface area contributed by atoms with Crippen molar-refractivity contribution in [2.24, 2.45) is 7.05 Å². The van der Waals surface area contributed by atoms with Gasteiger partial charge < -0.3 is 4.42 Å². The number of benzene rings is 2. The quantitative estimate of drug-likeness (QED) is 0.322. The number of pyridine rings is 2. The van der Waals surface area contributed by atoms with E-state index < -0.39 is 13.7 Å². The van der Waals surface area contributed by atoms with Gasteiger partial charge in [0.1, 0.15) is 18.2 Å². The van der Waals surface area contributed by atoms with Crippen LogP contribution in [0.15, 0.2) is 47.0 Å². The number of hydrogen-bond acceptors (Lipinski definition) is 2. The first-order valence-corrected chi connectivity index (χ1v) is 9.54. The van der Waals surface area contributed by atoms with Crippen LogP contribution in [0.3, 0.4) is 0 Å². The fraction of sp³-hybridized carbons (Fsp3) is 0.231. The van der Waals surface area contributed by atoms with E-state index in [1.54, 1.807) is 30.8 Å². The fourth-order valence-corrected chi connectivity index (χ4v) is 4.12. The van der Waals surface area contributed by atoms with Crippen molar-refractivity contribution in [3.05, 3.63) is 70.5 Å². The van der Waals surface area contributed by atoms with Gasteiger partial charge in [-0.1, -0.05) is 12.1 Å². The van der Waals surface area contributed by atoms with Gasteiger partial charge in [-0.3, -0.25) is 4.98 Å². The van der Waals surface area contributed by atoms with Crippen LogP contribution in [0.25, 0.3) is 44.1 Å². The third kappa shape index (κ3) is 2.65. The number of aryl methyl sites for hydroxylation is 6. The molecule has 0 aliphatic heterocycles. The fourth-order valence-electron chi connectivity index (χ4n) is 4.12. The van der Waals surface area contributed by atoms with Gasteiger partial charge in [0.25, 0.3) is 0 Å². The van der Waals surface area contributed by atoms with Crippen LogP contribution in [0.2, 0.25) is 0 Å². The lowest BCUT2D eigenvalue weighted by molar-refractivity contribution is -0.660. The molecule has 3 aromatic heterocycles. The zero-order valence-corrected chi connectivity index (χ0v) is 16.8. The van der Waals surface area contributed by atoms with Gasteiger partial charge in [-0.2, -0.15) is 0 Å². The molecule has 0 aliphatic rings. The van der Waals surface area contributed by atoms with Crippen molar-refractivity contribution in [2.75, 3.05) is 0 Å². The van der Waals surface area contributed by atoms with Crippen LogP contribution in [0.1, 0.15) is 36.2 Å². The summed E-state index contributed by atoms with van der Waals surface area (Å²) in [5.41, 5.74) is 6.02. The third-order valence-corrected chi connectivity index (χ3v) is 5.63. The van der Waals surface area contributed by atoms with E-state index in [9.17, 15) is 0 Å². The minimum Gasteiger partial charge on any atom is -0.455 e. The highest BCUT2D eigenvalue weighted by Crippen LogP contribution is 2.40. The van der Waals surface area contributed by atoms with Gasteiger partial charge in [-0.25, -0.2) is 4.57 Å². The molecule has 3 heterocycles. The van der Waals surface area contributed by atoms with Crippen LogP contribution in [-0.2, 0) is 7.05 Å². The van der Waals surface area contributed by atoms with Gasteiger partial charge in [0.2, 0.25) is 5.69 Å². The minimum absolute atomic E-state index is 0.227. The number of furan rings is 1. The van der Waals surface area contributed by atoms with Crippen molar-refractivity contribution >= 4 is 32.8 Å². The van der Waals surface area contributed by atoms with Gasteiger partial charge >= 0.3 is 0 Å². The third-order valence-electron chi connectivity index (χ3n) is 5.63. The molecule has 0 aliphatic carbocycles. The predicted octanol–water partition coefficient (Wildman–Crippen LogP) is 6.17. The molecule has 0 saturated carbocycles. The average Bonchev–Trinajstić information content (AvgIpc) is 3.09. The molecule has 0 atom stereocenters. The Morgan fingerprint density at radius 2 is 1.76 bits per heavy atom. The summed E-state index contributed by atoms with van der Waals surface area (Å²) in [7, 11) is 1.79. The number of fused-ring (bicyclic) bond motifs is 4. The predicted molar refractivity (Wildman–Crippen MR) is 119 cm³/mol. The average molecular weight is 388 g/mol. The van der Waals surface area contributed by atoms with E-state index in [0.29, 0.717) is 27.5 Å². The van der Waals surface area contributed by atoms with Crippen molar-refractivity contribution in [3.8, 4) is 11.3 Å². The smallest absolute Gasteiger partial charge is 0.216 e. The first-order valence-electron chi connectivity index (χ1n) is 12.5. The Morgan fingerprint density at radius 3 is 2.55 bits per heavy atom. The van der Waals surface area contributed by atoms with Crippen LogP contribution < -0.4 is 4.57 Å². The zero-order valence-electron chi connectivity index (χ0n) is 22.8. The van der Waals surface area contributed by atoms with E-state index in [0.717, 1.165) is 33.4 Å². The maximum atomic E-state index is 8.22. The van der Waals surface area contributed by atoms with Crippen molar-refractivity contribution in [1.29, 1.82) is 0 Å². The Hall–Kier alpha value is -3.20. The second kappa shape index (κ2) is 6.15. The van der Waals surface area contributed by atoms with Crippen molar-refractivity contribution in [2.45, 2.75) is 34.5 Å². The maximum Gasteiger partial charge on any atom is 0.216 e. The molecule has 3 heteroatoms. The van der Waals surface area contributed by atoms with Gasteiger partial charge in [0.15, 0.2) is 6.20 Å².